The Morgan fingerprint density at radius 3 is 2.75 bits per heavy atom. The van der Waals surface area contributed by atoms with Crippen LogP contribution in [0.5, 0.6) is 5.75 Å². The van der Waals surface area contributed by atoms with Crippen molar-refractivity contribution in [2.75, 3.05) is 0 Å². The van der Waals surface area contributed by atoms with Crippen molar-refractivity contribution in [2.24, 2.45) is 0 Å². The monoisotopic (exact) mass is 218 g/mol. The quantitative estimate of drug-likeness (QED) is 0.750. The minimum Gasteiger partial charge on any atom is -0.507 e. The summed E-state index contributed by atoms with van der Waals surface area (Å²) in [5.41, 5.74) is 0.747. The summed E-state index contributed by atoms with van der Waals surface area (Å²) in [7, 11) is 0. The minimum atomic E-state index is -1.08. The molecule has 3 heteroatoms. The Labute approximate surface area is 94.0 Å². The van der Waals surface area contributed by atoms with Crippen LogP contribution in [-0.2, 0) is 0 Å². The molecule has 0 spiro atoms. The van der Waals surface area contributed by atoms with E-state index in [2.05, 4.69) is 12.2 Å². The maximum absolute atomic E-state index is 10.9. The van der Waals surface area contributed by atoms with Crippen molar-refractivity contribution in [1.29, 1.82) is 0 Å². The first-order valence-electron chi connectivity index (χ1n) is 5.40. The molecule has 0 aliphatic heterocycles. The molecule has 1 aliphatic rings. The maximum atomic E-state index is 10.9. The highest BCUT2D eigenvalue weighted by Gasteiger charge is 2.19. The zero-order valence-corrected chi connectivity index (χ0v) is 8.89. The maximum Gasteiger partial charge on any atom is 0.339 e. The van der Waals surface area contributed by atoms with E-state index in [9.17, 15) is 9.90 Å². The topological polar surface area (TPSA) is 57.5 Å². The SMILES string of the molecule is O=C(O)c1cccc(C2CC=CCC2)c1O. The van der Waals surface area contributed by atoms with Crippen molar-refractivity contribution < 1.29 is 15.0 Å². The van der Waals surface area contributed by atoms with Crippen molar-refractivity contribution in [3.8, 4) is 5.75 Å². The van der Waals surface area contributed by atoms with Crippen LogP contribution in [0, 0.1) is 0 Å². The molecule has 84 valence electrons. The predicted octanol–water partition coefficient (Wildman–Crippen LogP) is 2.91. The van der Waals surface area contributed by atoms with Crippen LogP contribution < -0.4 is 0 Å². The number of rotatable bonds is 2. The van der Waals surface area contributed by atoms with Crippen molar-refractivity contribution in [1.82, 2.24) is 0 Å². The Kier molecular flexibility index (Phi) is 2.95. The van der Waals surface area contributed by atoms with Gasteiger partial charge in [-0.3, -0.25) is 0 Å². The van der Waals surface area contributed by atoms with Crippen LogP contribution in [0.3, 0.4) is 0 Å². The van der Waals surface area contributed by atoms with Gasteiger partial charge in [0, 0.05) is 0 Å². The molecule has 3 nitrogen and oxygen atoms in total. The first kappa shape index (κ1) is 10.7. The highest BCUT2D eigenvalue weighted by atomic mass is 16.4. The number of para-hydroxylation sites is 1. The Morgan fingerprint density at radius 2 is 2.12 bits per heavy atom. The number of benzene rings is 1. The van der Waals surface area contributed by atoms with Gasteiger partial charge in [-0.2, -0.15) is 0 Å². The summed E-state index contributed by atoms with van der Waals surface area (Å²) < 4.78 is 0. The van der Waals surface area contributed by atoms with Crippen molar-refractivity contribution in [3.05, 3.63) is 41.5 Å². The Balaban J connectivity index is 2.37. The average Bonchev–Trinajstić information content (AvgIpc) is 2.30. The molecule has 2 rings (SSSR count). The molecule has 0 fully saturated rings. The predicted molar refractivity (Wildman–Crippen MR) is 60.8 cm³/mol. The van der Waals surface area contributed by atoms with Gasteiger partial charge in [-0.25, -0.2) is 4.79 Å². The summed E-state index contributed by atoms with van der Waals surface area (Å²) in [6, 6.07) is 4.93. The van der Waals surface area contributed by atoms with Gasteiger partial charge >= 0.3 is 5.97 Å². The molecule has 0 saturated carbocycles. The van der Waals surface area contributed by atoms with E-state index >= 15 is 0 Å². The Hall–Kier alpha value is -1.77. The van der Waals surface area contributed by atoms with Gasteiger partial charge in [0.15, 0.2) is 0 Å². The van der Waals surface area contributed by atoms with E-state index < -0.39 is 5.97 Å². The normalized spacial score (nSPS) is 19.6. The number of carboxylic acid groups (broad SMARTS) is 1. The van der Waals surface area contributed by atoms with Crippen LogP contribution >= 0.6 is 0 Å². The number of allylic oxidation sites excluding steroid dienone is 2. The highest BCUT2D eigenvalue weighted by molar-refractivity contribution is 5.91. The number of aromatic carboxylic acids is 1. The summed E-state index contributed by atoms with van der Waals surface area (Å²) >= 11 is 0. The van der Waals surface area contributed by atoms with Crippen LogP contribution in [0.15, 0.2) is 30.4 Å². The lowest BCUT2D eigenvalue weighted by Crippen LogP contribution is -2.04. The fraction of sp³-hybridized carbons (Fsp3) is 0.308. The number of phenols is 1. The second-order valence-electron chi connectivity index (χ2n) is 4.03. The molecule has 1 aromatic carbocycles. The van der Waals surface area contributed by atoms with Crippen LogP contribution in [0.25, 0.3) is 0 Å². The number of hydrogen-bond donors (Lipinski definition) is 2. The molecule has 0 radical (unpaired) electrons. The van der Waals surface area contributed by atoms with Crippen molar-refractivity contribution in [2.45, 2.75) is 25.2 Å². The van der Waals surface area contributed by atoms with Gasteiger partial charge in [-0.1, -0.05) is 24.3 Å². The smallest absolute Gasteiger partial charge is 0.339 e. The largest absolute Gasteiger partial charge is 0.507 e. The molecule has 1 aliphatic carbocycles. The van der Waals surface area contributed by atoms with Gasteiger partial charge in [-0.05, 0) is 36.8 Å². The second kappa shape index (κ2) is 4.39. The lowest BCUT2D eigenvalue weighted by atomic mass is 9.86. The third-order valence-electron chi connectivity index (χ3n) is 3.01. The van der Waals surface area contributed by atoms with Gasteiger partial charge in [-0.15, -0.1) is 0 Å². The zero-order chi connectivity index (χ0) is 11.5. The molecule has 0 saturated heterocycles. The van der Waals surface area contributed by atoms with E-state index in [0.717, 1.165) is 24.8 Å². The summed E-state index contributed by atoms with van der Waals surface area (Å²) in [5, 5.41) is 18.8. The van der Waals surface area contributed by atoms with E-state index in [1.165, 1.54) is 6.07 Å². The highest BCUT2D eigenvalue weighted by Crippen LogP contribution is 2.36. The van der Waals surface area contributed by atoms with Gasteiger partial charge < -0.3 is 10.2 Å². The number of hydrogen-bond acceptors (Lipinski definition) is 2. The van der Waals surface area contributed by atoms with Gasteiger partial charge in [0.05, 0.1) is 0 Å². The average molecular weight is 218 g/mol. The summed E-state index contributed by atoms with van der Waals surface area (Å²) in [5.74, 6) is -0.912. The first-order valence-corrected chi connectivity index (χ1v) is 5.40. The van der Waals surface area contributed by atoms with Crippen LogP contribution in [0.4, 0.5) is 0 Å². The van der Waals surface area contributed by atoms with E-state index in [4.69, 9.17) is 5.11 Å². The minimum absolute atomic E-state index is 0.00736. The fourth-order valence-electron chi connectivity index (χ4n) is 2.14. The molecular formula is C13H14O3. The molecule has 16 heavy (non-hydrogen) atoms. The van der Waals surface area contributed by atoms with E-state index in [-0.39, 0.29) is 17.2 Å². The molecule has 1 aromatic rings. The standard InChI is InChI=1S/C13H14O3/c14-12-10(9-5-2-1-3-6-9)7-4-8-11(12)13(15)16/h1-2,4,7-9,14H,3,5-6H2,(H,15,16). The lowest BCUT2D eigenvalue weighted by molar-refractivity contribution is 0.0693. The number of carbonyl (C=O) groups is 1. The summed E-state index contributed by atoms with van der Waals surface area (Å²) in [6.07, 6.45) is 7.03. The van der Waals surface area contributed by atoms with Gasteiger partial charge in [0.2, 0.25) is 0 Å². The van der Waals surface area contributed by atoms with Crippen LogP contribution in [-0.4, -0.2) is 16.2 Å². The first-order chi connectivity index (χ1) is 7.70. The van der Waals surface area contributed by atoms with Crippen molar-refractivity contribution in [3.63, 3.8) is 0 Å². The molecule has 0 bridgehead atoms. The third kappa shape index (κ3) is 1.94. The van der Waals surface area contributed by atoms with Gasteiger partial charge in [0.1, 0.15) is 11.3 Å². The Morgan fingerprint density at radius 1 is 1.31 bits per heavy atom. The summed E-state index contributed by atoms with van der Waals surface area (Å²) in [4.78, 5) is 10.9. The van der Waals surface area contributed by atoms with E-state index in [0.29, 0.717) is 0 Å². The van der Waals surface area contributed by atoms with Crippen LogP contribution in [0.1, 0.15) is 41.1 Å². The number of aromatic hydroxyl groups is 1. The Bertz CT molecular complexity index is 435. The molecular weight excluding hydrogens is 204 g/mol. The second-order valence-corrected chi connectivity index (χ2v) is 4.03. The van der Waals surface area contributed by atoms with Crippen molar-refractivity contribution >= 4 is 5.97 Å². The molecule has 1 unspecified atom stereocenters. The zero-order valence-electron chi connectivity index (χ0n) is 8.89. The van der Waals surface area contributed by atoms with Crippen LogP contribution in [0.2, 0.25) is 0 Å². The van der Waals surface area contributed by atoms with E-state index in [1.807, 2.05) is 6.07 Å². The van der Waals surface area contributed by atoms with E-state index in [1.54, 1.807) is 6.07 Å². The molecule has 2 N–H and O–H groups in total. The van der Waals surface area contributed by atoms with Gasteiger partial charge in [0.25, 0.3) is 0 Å². The molecule has 1 atom stereocenters. The molecule has 0 aromatic heterocycles. The number of carboxylic acids is 1. The molecule has 0 heterocycles. The lowest BCUT2D eigenvalue weighted by Gasteiger charge is -2.19. The summed E-state index contributed by atoms with van der Waals surface area (Å²) in [6.45, 7) is 0. The molecule has 0 amide bonds. The third-order valence-corrected chi connectivity index (χ3v) is 3.01. The fourth-order valence-corrected chi connectivity index (χ4v) is 2.14.